The van der Waals surface area contributed by atoms with E-state index in [1.165, 1.54) is 28.4 Å². The molecular weight excluding hydrogens is 1340 g/mol. The van der Waals surface area contributed by atoms with Crippen LogP contribution in [0, 0.1) is 41.5 Å². The lowest BCUT2D eigenvalue weighted by molar-refractivity contribution is -0.143. The number of rotatable bonds is 26. The van der Waals surface area contributed by atoms with Crippen LogP contribution in [-0.4, -0.2) is 131 Å². The molecule has 8 rings (SSSR count). The molecule has 8 aromatic rings. The molecule has 0 radical (unpaired) electrons. The molecule has 0 aliphatic heterocycles. The van der Waals surface area contributed by atoms with E-state index in [2.05, 4.69) is 9.47 Å². The predicted octanol–water partition coefficient (Wildman–Crippen LogP) is 13.6. The molecule has 21 heteroatoms. The van der Waals surface area contributed by atoms with Crippen molar-refractivity contribution in [2.24, 2.45) is 0 Å². The van der Waals surface area contributed by atoms with Gasteiger partial charge < -0.3 is 48.5 Å². The third kappa shape index (κ3) is 17.6. The molecule has 540 valence electrons. The van der Waals surface area contributed by atoms with Gasteiger partial charge in [-0.1, -0.05) is 113 Å². The Morgan fingerprint density at radius 2 is 0.534 bits per heavy atom. The van der Waals surface area contributed by atoms with Gasteiger partial charge in [-0.25, -0.2) is 14.4 Å². The number of alkyl halides is 1. The number of phenolic OH excluding ortho intramolecular Hbond substituents is 3. The van der Waals surface area contributed by atoms with Gasteiger partial charge in [0.1, 0.15) is 40.4 Å². The Morgan fingerprint density at radius 1 is 0.320 bits per heavy atom. The van der Waals surface area contributed by atoms with Crippen LogP contribution in [0.25, 0.3) is 0 Å². The summed E-state index contributed by atoms with van der Waals surface area (Å²) in [5, 5.41) is 31.1. The van der Waals surface area contributed by atoms with Crippen molar-refractivity contribution in [1.82, 2.24) is 0 Å². The van der Waals surface area contributed by atoms with Gasteiger partial charge in [0.2, 0.25) is 0 Å². The number of aldehydes is 6. The van der Waals surface area contributed by atoms with Crippen molar-refractivity contribution in [2.45, 2.75) is 105 Å². The maximum atomic E-state index is 12.5. The van der Waals surface area contributed by atoms with E-state index in [1.807, 2.05) is 126 Å². The normalized spacial score (nSPS) is 11.2. The number of ether oxygens (including phenoxy) is 7. The average molecular weight is 1430 g/mol. The Bertz CT molecular complexity index is 4390. The molecule has 8 aromatic carbocycles. The number of carbonyl (C=O) groups is 10. The summed E-state index contributed by atoms with van der Waals surface area (Å²) in [6.07, 6.45) is 3.88. The minimum atomic E-state index is -1.00. The topological polar surface area (TPSA) is 296 Å². The fraction of sp³-hybridized carbons (Fsp3) is 0.293. The van der Waals surface area contributed by atoms with Crippen molar-refractivity contribution in [2.75, 3.05) is 54.1 Å². The van der Waals surface area contributed by atoms with Crippen LogP contribution in [0.1, 0.15) is 193 Å². The van der Waals surface area contributed by atoms with Crippen LogP contribution in [0.2, 0.25) is 0 Å². The molecule has 0 aliphatic rings. The SMILES string of the molecule is COC(=O)CCl.COC(=O)COc1c(C)cc(C(C)(C)c2ccc(C(C)(c3cc(C)c(OCC(=O)OC)c(C=O)c3)c3cc(C)c(OCC(=O)OC)c(C=O)c3)cc2)cc1C=O.Cc1cc(C(C)(C)c2ccc(C(C)(c3cc(C)c(O)c(C=O)c3)c3cc(C)c(O)c(C=O)c3)cc2)cc(C=O)c1O. The summed E-state index contributed by atoms with van der Waals surface area (Å²) in [7, 11) is 5.04. The second kappa shape index (κ2) is 34.4. The highest BCUT2D eigenvalue weighted by Crippen LogP contribution is 2.47. The maximum Gasteiger partial charge on any atom is 0.343 e. The number of aryl methyl sites for hydroxylation is 6. The predicted molar refractivity (Wildman–Crippen MR) is 388 cm³/mol. The van der Waals surface area contributed by atoms with E-state index >= 15 is 0 Å². The van der Waals surface area contributed by atoms with E-state index in [4.69, 9.17) is 35.3 Å². The van der Waals surface area contributed by atoms with E-state index in [-0.39, 0.29) is 69.1 Å². The zero-order chi connectivity index (χ0) is 76.6. The van der Waals surface area contributed by atoms with Crippen LogP contribution in [0.15, 0.2) is 121 Å². The van der Waals surface area contributed by atoms with Crippen molar-refractivity contribution in [1.29, 1.82) is 0 Å². The lowest BCUT2D eigenvalue weighted by Crippen LogP contribution is -2.27. The standard InChI is InChI=1S/C44H46O12.C35H34O6.C3H5ClO2/c1-26-14-34(17-29(20-45)40(26)54-23-37(48)51-7)43(4,5)32-10-12-33(13-11-32)44(6,35-15-27(2)41(30(18-35)21-46)55-24-38(49)52-8)36-16-28(3)42(31(19-36)22-47)56-25-39(50)53-9;1-20-11-28(14-23(17-36)31(20)39)34(4,5)26-7-9-27(10-8-26)35(6,29-12-21(2)32(40)24(15-29)18-37)30-13-22(3)33(41)25(16-30)19-38;1-6-3(5)2-4/h10-22H,23-25H2,1-9H3;7-19,39-41H,1-6H3;2H2,1H3. The van der Waals surface area contributed by atoms with Gasteiger partial charge in [0.25, 0.3) is 0 Å². The summed E-state index contributed by atoms with van der Waals surface area (Å²) >= 11 is 4.98. The molecule has 0 aromatic heterocycles. The molecule has 0 atom stereocenters. The largest absolute Gasteiger partial charge is 0.507 e. The molecule has 20 nitrogen and oxygen atoms in total. The van der Waals surface area contributed by atoms with E-state index in [1.54, 1.807) is 77.9 Å². The second-order valence-electron chi connectivity index (χ2n) is 26.0. The summed E-state index contributed by atoms with van der Waals surface area (Å²) in [5.74, 6) is -1.66. The number of carbonyl (C=O) groups excluding carboxylic acids is 10. The van der Waals surface area contributed by atoms with Crippen molar-refractivity contribution in [3.63, 3.8) is 0 Å². The van der Waals surface area contributed by atoms with E-state index in [0.29, 0.717) is 93.5 Å². The number of halogens is 1. The van der Waals surface area contributed by atoms with Crippen molar-refractivity contribution in [3.05, 3.63) is 244 Å². The van der Waals surface area contributed by atoms with Gasteiger partial charge in [0, 0.05) is 21.7 Å². The highest BCUT2D eigenvalue weighted by molar-refractivity contribution is 6.26. The van der Waals surface area contributed by atoms with Crippen LogP contribution in [0.5, 0.6) is 34.5 Å². The summed E-state index contributed by atoms with van der Waals surface area (Å²) in [4.78, 5) is 118. The molecule has 0 saturated carbocycles. The Labute approximate surface area is 603 Å². The summed E-state index contributed by atoms with van der Waals surface area (Å²) in [5.41, 5.74) is 9.85. The number of aromatic hydroxyl groups is 3. The van der Waals surface area contributed by atoms with Crippen LogP contribution in [-0.2, 0) is 59.8 Å². The molecule has 0 aliphatic carbocycles. The fourth-order valence-corrected chi connectivity index (χ4v) is 12.3. The first-order valence-corrected chi connectivity index (χ1v) is 32.8. The third-order valence-corrected chi connectivity index (χ3v) is 19.0. The molecule has 0 unspecified atom stereocenters. The first kappa shape index (κ1) is 80.7. The summed E-state index contributed by atoms with van der Waals surface area (Å²) in [6.45, 7) is 21.5. The van der Waals surface area contributed by atoms with Crippen molar-refractivity contribution in [3.8, 4) is 34.5 Å². The molecule has 0 heterocycles. The molecule has 0 saturated heterocycles. The Kier molecular flexibility index (Phi) is 27.0. The van der Waals surface area contributed by atoms with Gasteiger partial charge in [0.05, 0.1) is 61.8 Å². The van der Waals surface area contributed by atoms with Crippen LogP contribution >= 0.6 is 11.6 Å². The van der Waals surface area contributed by atoms with Crippen LogP contribution in [0.4, 0.5) is 0 Å². The number of methoxy groups -OCH3 is 4. The number of esters is 4. The van der Waals surface area contributed by atoms with E-state index in [0.717, 1.165) is 44.5 Å². The van der Waals surface area contributed by atoms with Crippen molar-refractivity contribution >= 4 is 73.2 Å². The zero-order valence-electron chi connectivity index (χ0n) is 60.5. The molecule has 0 spiro atoms. The maximum absolute atomic E-state index is 12.5. The monoisotopic (exact) mass is 1420 g/mol. The minimum Gasteiger partial charge on any atom is -0.507 e. The highest BCUT2D eigenvalue weighted by atomic mass is 35.5. The first-order chi connectivity index (χ1) is 48.7. The molecule has 3 N–H and O–H groups in total. The number of benzene rings is 8. The number of hydrogen-bond donors (Lipinski definition) is 3. The molecular formula is C82H85ClO20. The number of phenols is 3. The van der Waals surface area contributed by atoms with Gasteiger partial charge in [-0.2, -0.15) is 0 Å². The number of hydrogen-bond acceptors (Lipinski definition) is 20. The smallest absolute Gasteiger partial charge is 0.343 e. The average Bonchev–Trinajstić information content (AvgIpc) is 0.748. The third-order valence-electron chi connectivity index (χ3n) is 18.8. The van der Waals surface area contributed by atoms with Crippen molar-refractivity contribution < 1.29 is 96.4 Å². The van der Waals surface area contributed by atoms with Gasteiger partial charge in [-0.3, -0.25) is 33.6 Å². The summed E-state index contributed by atoms with van der Waals surface area (Å²) in [6, 6.07) is 37.1. The van der Waals surface area contributed by atoms with Crippen LogP contribution in [0.3, 0.4) is 0 Å². The van der Waals surface area contributed by atoms with E-state index < -0.39 is 58.8 Å². The minimum absolute atomic E-state index is 0.0246. The van der Waals surface area contributed by atoms with Gasteiger partial charge in [-0.05, 0) is 181 Å². The van der Waals surface area contributed by atoms with E-state index in [9.17, 15) is 63.3 Å². The van der Waals surface area contributed by atoms with Crippen LogP contribution < -0.4 is 14.2 Å². The molecule has 0 fully saturated rings. The Balaban J connectivity index is 0.000000311. The molecule has 0 amide bonds. The van der Waals surface area contributed by atoms with Gasteiger partial charge >= 0.3 is 23.9 Å². The van der Waals surface area contributed by atoms with Gasteiger partial charge in [0.15, 0.2) is 57.5 Å². The quantitative estimate of drug-likeness (QED) is 0.0149. The molecule has 103 heavy (non-hydrogen) atoms. The highest BCUT2D eigenvalue weighted by Gasteiger charge is 2.38. The zero-order valence-corrected chi connectivity index (χ0v) is 61.3. The fourth-order valence-electron chi connectivity index (χ4n) is 12.2. The second-order valence-corrected chi connectivity index (χ2v) is 26.3. The lowest BCUT2D eigenvalue weighted by Gasteiger charge is -2.35. The van der Waals surface area contributed by atoms with Gasteiger partial charge in [-0.15, -0.1) is 11.6 Å². The Hall–Kier alpha value is -11.3. The molecule has 0 bridgehead atoms. The summed E-state index contributed by atoms with van der Waals surface area (Å²) < 4.78 is 35.3. The Morgan fingerprint density at radius 3 is 0.777 bits per heavy atom. The first-order valence-electron chi connectivity index (χ1n) is 32.3. The lowest BCUT2D eigenvalue weighted by atomic mass is 9.68.